The summed E-state index contributed by atoms with van der Waals surface area (Å²) in [5.74, 6) is -0.429. The number of nitrogens with zero attached hydrogens (tertiary/aromatic N) is 1. The quantitative estimate of drug-likeness (QED) is 0.766. The molecule has 1 fully saturated rings. The number of ether oxygens (including phenoxy) is 1. The van der Waals surface area contributed by atoms with E-state index in [0.29, 0.717) is 6.61 Å². The number of hydrogen-bond donors (Lipinski definition) is 2. The molecular formula is C21H26ClN3O2. The first-order chi connectivity index (χ1) is 13.1. The van der Waals surface area contributed by atoms with Crippen LogP contribution in [0.15, 0.2) is 48.5 Å². The van der Waals surface area contributed by atoms with Gasteiger partial charge in [0.2, 0.25) is 0 Å². The zero-order chi connectivity index (χ0) is 19.2. The molecule has 2 aromatic rings. The maximum absolute atomic E-state index is 11.8. The fourth-order valence-electron chi connectivity index (χ4n) is 3.52. The zero-order valence-electron chi connectivity index (χ0n) is 15.5. The first kappa shape index (κ1) is 19.8. The van der Waals surface area contributed by atoms with Crippen LogP contribution in [0.3, 0.4) is 0 Å². The highest BCUT2D eigenvalue weighted by atomic mass is 35.5. The Labute approximate surface area is 165 Å². The van der Waals surface area contributed by atoms with Crippen LogP contribution in [0, 0.1) is 0 Å². The van der Waals surface area contributed by atoms with E-state index in [9.17, 15) is 4.79 Å². The van der Waals surface area contributed by atoms with Crippen LogP contribution < -0.4 is 11.1 Å². The third kappa shape index (κ3) is 5.08. The summed E-state index contributed by atoms with van der Waals surface area (Å²) in [6.45, 7) is 4.70. The summed E-state index contributed by atoms with van der Waals surface area (Å²) >= 11 is 5.96. The molecule has 5 nitrogen and oxygen atoms in total. The molecule has 3 rings (SSSR count). The lowest BCUT2D eigenvalue weighted by molar-refractivity contribution is -0.147. The maximum atomic E-state index is 11.8. The number of halogens is 1. The van der Waals surface area contributed by atoms with E-state index in [1.807, 2.05) is 31.2 Å². The molecule has 0 aliphatic carbocycles. The molecular weight excluding hydrogens is 362 g/mol. The molecule has 0 spiro atoms. The molecule has 3 N–H and O–H groups in total. The zero-order valence-corrected chi connectivity index (χ0v) is 16.3. The van der Waals surface area contributed by atoms with E-state index in [2.05, 4.69) is 34.5 Å². The van der Waals surface area contributed by atoms with E-state index >= 15 is 0 Å². The lowest BCUT2D eigenvalue weighted by Gasteiger charge is -2.39. The van der Waals surface area contributed by atoms with E-state index in [1.165, 1.54) is 5.56 Å². The van der Waals surface area contributed by atoms with Crippen molar-refractivity contribution in [3.63, 3.8) is 0 Å². The molecule has 1 saturated heterocycles. The van der Waals surface area contributed by atoms with Crippen LogP contribution >= 0.6 is 11.6 Å². The summed E-state index contributed by atoms with van der Waals surface area (Å²) in [6.07, 6.45) is 0.153. The van der Waals surface area contributed by atoms with Crippen LogP contribution in [0.2, 0.25) is 5.02 Å². The highest BCUT2D eigenvalue weighted by Gasteiger charge is 2.32. The fourth-order valence-corrected chi connectivity index (χ4v) is 3.65. The number of primary amides is 1. The van der Waals surface area contributed by atoms with E-state index in [4.69, 9.17) is 22.1 Å². The summed E-state index contributed by atoms with van der Waals surface area (Å²) in [6, 6.07) is 16.5. The molecule has 6 heteroatoms. The Morgan fingerprint density at radius 1 is 1.22 bits per heavy atom. The number of nitrogens with one attached hydrogen (secondary N) is 1. The lowest BCUT2D eigenvalue weighted by Crippen LogP contribution is -2.60. The molecule has 1 aliphatic heterocycles. The number of benzene rings is 2. The molecule has 0 bridgehead atoms. The van der Waals surface area contributed by atoms with Crippen molar-refractivity contribution in [2.45, 2.75) is 25.6 Å². The summed E-state index contributed by atoms with van der Waals surface area (Å²) in [5, 5.41) is 4.14. The van der Waals surface area contributed by atoms with Crippen LogP contribution in [0.4, 0.5) is 0 Å². The summed E-state index contributed by atoms with van der Waals surface area (Å²) in [4.78, 5) is 13.9. The van der Waals surface area contributed by atoms with Gasteiger partial charge in [0, 0.05) is 37.3 Å². The number of rotatable bonds is 7. The largest absolute Gasteiger partial charge is 0.366 e. The molecule has 0 saturated carbocycles. The maximum Gasteiger partial charge on any atom is 0.261 e. The molecule has 144 valence electrons. The van der Waals surface area contributed by atoms with Crippen LogP contribution in [0.1, 0.15) is 12.5 Å². The molecule has 2 atom stereocenters. The number of hydrogen-bond acceptors (Lipinski definition) is 4. The second kappa shape index (κ2) is 9.33. The van der Waals surface area contributed by atoms with Crippen molar-refractivity contribution in [1.29, 1.82) is 0 Å². The van der Waals surface area contributed by atoms with E-state index in [0.717, 1.165) is 42.2 Å². The predicted octanol–water partition coefficient (Wildman–Crippen LogP) is 2.67. The first-order valence-corrected chi connectivity index (χ1v) is 9.68. The Hall–Kier alpha value is -1.92. The highest BCUT2D eigenvalue weighted by Crippen LogP contribution is 2.23. The Kier molecular flexibility index (Phi) is 6.85. The Morgan fingerprint density at radius 3 is 2.44 bits per heavy atom. The van der Waals surface area contributed by atoms with Gasteiger partial charge in [-0.1, -0.05) is 48.0 Å². The molecule has 1 amide bonds. The highest BCUT2D eigenvalue weighted by molar-refractivity contribution is 6.30. The smallest absolute Gasteiger partial charge is 0.261 e. The van der Waals surface area contributed by atoms with Gasteiger partial charge in [0.15, 0.2) is 6.23 Å². The van der Waals surface area contributed by atoms with Gasteiger partial charge in [-0.05, 0) is 42.2 Å². The SMILES string of the molecule is CCOC(C(N)=O)N1CCNCC1Cc1ccc(-c2ccc(Cl)cc2)cc1. The minimum absolute atomic E-state index is 0.157. The normalized spacial score (nSPS) is 19.0. The Morgan fingerprint density at radius 2 is 1.85 bits per heavy atom. The monoisotopic (exact) mass is 387 g/mol. The molecule has 0 radical (unpaired) electrons. The third-order valence-electron chi connectivity index (χ3n) is 4.87. The van der Waals surface area contributed by atoms with Crippen molar-refractivity contribution in [3.8, 4) is 11.1 Å². The summed E-state index contributed by atoms with van der Waals surface area (Å²) < 4.78 is 5.61. The van der Waals surface area contributed by atoms with Crippen molar-refractivity contribution < 1.29 is 9.53 Å². The van der Waals surface area contributed by atoms with Gasteiger partial charge in [0.25, 0.3) is 5.91 Å². The Balaban J connectivity index is 1.72. The minimum atomic E-state index is -0.671. The van der Waals surface area contributed by atoms with Gasteiger partial charge in [-0.25, -0.2) is 0 Å². The van der Waals surface area contributed by atoms with E-state index in [-0.39, 0.29) is 6.04 Å². The Bertz CT molecular complexity index is 749. The topological polar surface area (TPSA) is 67.6 Å². The van der Waals surface area contributed by atoms with Gasteiger partial charge >= 0.3 is 0 Å². The summed E-state index contributed by atoms with van der Waals surface area (Å²) in [7, 11) is 0. The van der Waals surface area contributed by atoms with Crippen LogP contribution in [-0.2, 0) is 16.0 Å². The van der Waals surface area contributed by atoms with Gasteiger partial charge in [-0.3, -0.25) is 9.69 Å². The van der Waals surface area contributed by atoms with Crippen molar-refractivity contribution in [3.05, 3.63) is 59.1 Å². The molecule has 27 heavy (non-hydrogen) atoms. The van der Waals surface area contributed by atoms with Crippen LogP contribution in [0.5, 0.6) is 0 Å². The fraction of sp³-hybridized carbons (Fsp3) is 0.381. The molecule has 2 aromatic carbocycles. The number of carbonyl (C=O) groups excluding carboxylic acids is 1. The predicted molar refractivity (Wildman–Crippen MR) is 109 cm³/mol. The number of amides is 1. The van der Waals surface area contributed by atoms with Gasteiger partial charge < -0.3 is 15.8 Å². The van der Waals surface area contributed by atoms with Crippen molar-refractivity contribution in [1.82, 2.24) is 10.2 Å². The molecule has 1 aliphatic rings. The average molecular weight is 388 g/mol. The summed E-state index contributed by atoms with van der Waals surface area (Å²) in [5.41, 5.74) is 9.07. The molecule has 2 unspecified atom stereocenters. The molecule has 0 aromatic heterocycles. The first-order valence-electron chi connectivity index (χ1n) is 9.30. The number of piperazine rings is 1. The molecule has 1 heterocycles. The van der Waals surface area contributed by atoms with Crippen molar-refractivity contribution in [2.75, 3.05) is 26.2 Å². The second-order valence-corrected chi connectivity index (χ2v) is 7.15. The van der Waals surface area contributed by atoms with Crippen LogP contribution in [-0.4, -0.2) is 49.3 Å². The standard InChI is InChI=1S/C21H26ClN3O2/c1-2-27-21(20(23)26)25-12-11-24-14-19(25)13-15-3-5-16(6-4-15)17-7-9-18(22)10-8-17/h3-10,19,21,24H,2,11-14H2,1H3,(H2,23,26). The van der Waals surface area contributed by atoms with Gasteiger partial charge in [-0.2, -0.15) is 0 Å². The average Bonchev–Trinajstić information content (AvgIpc) is 2.68. The van der Waals surface area contributed by atoms with E-state index < -0.39 is 12.1 Å². The number of nitrogens with two attached hydrogens (primary N) is 1. The lowest BCUT2D eigenvalue weighted by atomic mass is 9.99. The second-order valence-electron chi connectivity index (χ2n) is 6.71. The van der Waals surface area contributed by atoms with Crippen molar-refractivity contribution >= 4 is 17.5 Å². The van der Waals surface area contributed by atoms with Gasteiger partial charge in [-0.15, -0.1) is 0 Å². The third-order valence-corrected chi connectivity index (χ3v) is 5.12. The van der Waals surface area contributed by atoms with Crippen LogP contribution in [0.25, 0.3) is 11.1 Å². The number of carbonyl (C=O) groups is 1. The van der Waals surface area contributed by atoms with Gasteiger partial charge in [0.05, 0.1) is 0 Å². The van der Waals surface area contributed by atoms with Crippen molar-refractivity contribution in [2.24, 2.45) is 5.73 Å². The minimum Gasteiger partial charge on any atom is -0.366 e. The van der Waals surface area contributed by atoms with E-state index in [1.54, 1.807) is 0 Å². The van der Waals surface area contributed by atoms with Gasteiger partial charge in [0.1, 0.15) is 0 Å².